The maximum absolute atomic E-state index is 12.4. The van der Waals surface area contributed by atoms with E-state index in [1.165, 1.54) is 0 Å². The minimum atomic E-state index is -3.64. The Morgan fingerprint density at radius 2 is 1.79 bits per heavy atom. The minimum Gasteiger partial charge on any atom is -0.497 e. The van der Waals surface area contributed by atoms with Gasteiger partial charge < -0.3 is 4.74 Å². The lowest BCUT2D eigenvalue weighted by Crippen LogP contribution is -2.39. The summed E-state index contributed by atoms with van der Waals surface area (Å²) in [6.45, 7) is 5.06. The molecule has 7 nitrogen and oxygen atoms in total. The van der Waals surface area contributed by atoms with E-state index in [0.717, 1.165) is 33.0 Å². The number of amides is 1. The van der Waals surface area contributed by atoms with E-state index in [1.54, 1.807) is 39.2 Å². The van der Waals surface area contributed by atoms with Crippen molar-refractivity contribution < 1.29 is 17.9 Å². The van der Waals surface area contributed by atoms with Crippen LogP contribution in [0.5, 0.6) is 5.75 Å². The number of benzene rings is 2. The number of nitrogens with zero attached hydrogens (tertiary/aromatic N) is 2. The van der Waals surface area contributed by atoms with Crippen LogP contribution < -0.4 is 14.5 Å². The van der Waals surface area contributed by atoms with E-state index in [4.69, 9.17) is 4.74 Å². The molecule has 0 aliphatic heterocycles. The SMILES string of the molecule is COc1ccc(/C(C)=N\NC(=O)CN(c2cc(C)ccc2C)S(C)(=O)=O)cc1. The van der Waals surface area contributed by atoms with Crippen molar-refractivity contribution in [1.29, 1.82) is 0 Å². The molecule has 2 aromatic carbocycles. The number of carbonyl (C=O) groups is 1. The van der Waals surface area contributed by atoms with Gasteiger partial charge in [-0.1, -0.05) is 12.1 Å². The summed E-state index contributed by atoms with van der Waals surface area (Å²) in [4.78, 5) is 12.4. The summed E-state index contributed by atoms with van der Waals surface area (Å²) >= 11 is 0. The first-order valence-electron chi connectivity index (χ1n) is 8.64. The van der Waals surface area contributed by atoms with Crippen LogP contribution in [0.1, 0.15) is 23.6 Å². The number of nitrogens with one attached hydrogen (secondary N) is 1. The first-order chi connectivity index (χ1) is 13.1. The molecule has 2 rings (SSSR count). The van der Waals surface area contributed by atoms with E-state index >= 15 is 0 Å². The second-order valence-electron chi connectivity index (χ2n) is 6.52. The number of carbonyl (C=O) groups excluding carboxylic acids is 1. The lowest BCUT2D eigenvalue weighted by atomic mass is 10.1. The number of rotatable bonds is 7. The fourth-order valence-electron chi connectivity index (χ4n) is 2.58. The second-order valence-corrected chi connectivity index (χ2v) is 8.43. The predicted molar refractivity (Wildman–Crippen MR) is 111 cm³/mol. The molecule has 2 aromatic rings. The fourth-order valence-corrected chi connectivity index (χ4v) is 3.48. The number of hydrogen-bond donors (Lipinski definition) is 1. The second kappa shape index (κ2) is 8.88. The molecule has 150 valence electrons. The van der Waals surface area contributed by atoms with Gasteiger partial charge in [-0.3, -0.25) is 9.10 Å². The largest absolute Gasteiger partial charge is 0.497 e. The van der Waals surface area contributed by atoms with E-state index in [9.17, 15) is 13.2 Å². The van der Waals surface area contributed by atoms with Gasteiger partial charge in [0.25, 0.3) is 5.91 Å². The zero-order chi connectivity index (χ0) is 20.9. The summed E-state index contributed by atoms with van der Waals surface area (Å²) in [5, 5.41) is 4.07. The quantitative estimate of drug-likeness (QED) is 0.569. The lowest BCUT2D eigenvalue weighted by molar-refractivity contribution is -0.119. The number of methoxy groups -OCH3 is 1. The molecule has 8 heteroatoms. The Bertz CT molecular complexity index is 983. The van der Waals surface area contributed by atoms with Crippen molar-refractivity contribution in [2.45, 2.75) is 20.8 Å². The highest BCUT2D eigenvalue weighted by molar-refractivity contribution is 7.92. The Hall–Kier alpha value is -2.87. The summed E-state index contributed by atoms with van der Waals surface area (Å²) < 4.78 is 30.7. The highest BCUT2D eigenvalue weighted by atomic mass is 32.2. The number of sulfonamides is 1. The van der Waals surface area contributed by atoms with Crippen LogP contribution >= 0.6 is 0 Å². The molecular weight excluding hydrogens is 378 g/mol. The van der Waals surface area contributed by atoms with Gasteiger partial charge in [0, 0.05) is 0 Å². The van der Waals surface area contributed by atoms with Crippen LogP contribution in [-0.2, 0) is 14.8 Å². The molecule has 0 spiro atoms. The number of aryl methyl sites for hydroxylation is 2. The van der Waals surface area contributed by atoms with Crippen LogP contribution in [0.3, 0.4) is 0 Å². The molecule has 0 fully saturated rings. The maximum atomic E-state index is 12.4. The van der Waals surface area contributed by atoms with Crippen LogP contribution in [0.25, 0.3) is 0 Å². The van der Waals surface area contributed by atoms with E-state index in [-0.39, 0.29) is 6.54 Å². The highest BCUT2D eigenvalue weighted by Gasteiger charge is 2.22. The average Bonchev–Trinajstić information content (AvgIpc) is 2.65. The molecule has 0 saturated heterocycles. The summed E-state index contributed by atoms with van der Waals surface area (Å²) in [5.74, 6) is 0.192. The molecule has 1 N–H and O–H groups in total. The van der Waals surface area contributed by atoms with Gasteiger partial charge in [-0.25, -0.2) is 13.8 Å². The van der Waals surface area contributed by atoms with Crippen molar-refractivity contribution in [2.75, 3.05) is 24.2 Å². The van der Waals surface area contributed by atoms with E-state index in [0.29, 0.717) is 11.4 Å². The summed E-state index contributed by atoms with van der Waals surface area (Å²) in [6.07, 6.45) is 1.08. The van der Waals surface area contributed by atoms with Gasteiger partial charge in [-0.05, 0) is 67.8 Å². The smallest absolute Gasteiger partial charge is 0.260 e. The molecule has 0 aromatic heterocycles. The van der Waals surface area contributed by atoms with Crippen LogP contribution in [-0.4, -0.2) is 39.9 Å². The molecule has 28 heavy (non-hydrogen) atoms. The van der Waals surface area contributed by atoms with Gasteiger partial charge in [0.05, 0.1) is 24.8 Å². The lowest BCUT2D eigenvalue weighted by Gasteiger charge is -2.23. The Labute approximate surface area is 166 Å². The topological polar surface area (TPSA) is 88.1 Å². The third-order valence-corrected chi connectivity index (χ3v) is 5.30. The van der Waals surface area contributed by atoms with Crippen molar-refractivity contribution in [2.24, 2.45) is 5.10 Å². The van der Waals surface area contributed by atoms with Crippen molar-refractivity contribution in [3.63, 3.8) is 0 Å². The first kappa shape index (κ1) is 21.4. The number of ether oxygens (including phenoxy) is 1. The average molecular weight is 404 g/mol. The maximum Gasteiger partial charge on any atom is 0.260 e. The normalized spacial score (nSPS) is 11.8. The monoisotopic (exact) mass is 403 g/mol. The van der Waals surface area contributed by atoms with E-state index in [2.05, 4.69) is 10.5 Å². The summed E-state index contributed by atoms with van der Waals surface area (Å²) in [6, 6.07) is 12.7. The molecule has 0 aliphatic rings. The molecule has 0 atom stereocenters. The van der Waals surface area contributed by atoms with Crippen LogP contribution in [0.2, 0.25) is 0 Å². The zero-order valence-corrected chi connectivity index (χ0v) is 17.5. The number of anilines is 1. The third kappa shape index (κ3) is 5.56. The molecular formula is C20H25N3O4S. The Morgan fingerprint density at radius 3 is 2.36 bits per heavy atom. The summed E-state index contributed by atoms with van der Waals surface area (Å²) in [5.41, 5.74) is 5.99. The molecule has 0 radical (unpaired) electrons. The van der Waals surface area contributed by atoms with Gasteiger partial charge >= 0.3 is 0 Å². The molecule has 0 unspecified atom stereocenters. The minimum absolute atomic E-state index is 0.359. The molecule has 0 saturated carbocycles. The predicted octanol–water partition coefficient (Wildman–Crippen LogP) is 2.62. The molecule has 1 amide bonds. The standard InChI is InChI=1S/C20H25N3O4S/c1-14-6-7-15(2)19(12-14)23(28(5,25)26)13-20(24)22-21-16(3)17-8-10-18(27-4)11-9-17/h6-12H,13H2,1-5H3,(H,22,24)/b21-16-. The fraction of sp³-hybridized carbons (Fsp3) is 0.300. The van der Waals surface area contributed by atoms with Crippen molar-refractivity contribution in [3.8, 4) is 5.75 Å². The van der Waals surface area contributed by atoms with Crippen LogP contribution in [0, 0.1) is 13.8 Å². The van der Waals surface area contributed by atoms with Gasteiger partial charge in [0.1, 0.15) is 12.3 Å². The van der Waals surface area contributed by atoms with Crippen molar-refractivity contribution in [3.05, 3.63) is 59.2 Å². The Morgan fingerprint density at radius 1 is 1.14 bits per heavy atom. The van der Waals surface area contributed by atoms with E-state index < -0.39 is 15.9 Å². The third-order valence-electron chi connectivity index (χ3n) is 4.18. The highest BCUT2D eigenvalue weighted by Crippen LogP contribution is 2.23. The molecule has 0 heterocycles. The van der Waals surface area contributed by atoms with Crippen LogP contribution in [0.15, 0.2) is 47.6 Å². The first-order valence-corrected chi connectivity index (χ1v) is 10.5. The number of hydrogen-bond acceptors (Lipinski definition) is 5. The van der Waals surface area contributed by atoms with Gasteiger partial charge in [0.15, 0.2) is 0 Å². The number of hydrazone groups is 1. The van der Waals surface area contributed by atoms with Gasteiger partial charge in [0.2, 0.25) is 10.0 Å². The van der Waals surface area contributed by atoms with Gasteiger partial charge in [-0.15, -0.1) is 0 Å². The molecule has 0 bridgehead atoms. The van der Waals surface area contributed by atoms with E-state index in [1.807, 2.05) is 31.2 Å². The van der Waals surface area contributed by atoms with Crippen molar-refractivity contribution in [1.82, 2.24) is 5.43 Å². The van der Waals surface area contributed by atoms with Gasteiger partial charge in [-0.2, -0.15) is 5.10 Å². The molecule has 0 aliphatic carbocycles. The van der Waals surface area contributed by atoms with Crippen molar-refractivity contribution >= 4 is 27.3 Å². The Kier molecular flexibility index (Phi) is 6.80. The summed E-state index contributed by atoms with van der Waals surface area (Å²) in [7, 11) is -2.06. The zero-order valence-electron chi connectivity index (χ0n) is 16.7. The van der Waals surface area contributed by atoms with Crippen LogP contribution in [0.4, 0.5) is 5.69 Å². The Balaban J connectivity index is 2.16.